The number of nitrogens with zero attached hydrogens (tertiary/aromatic N) is 1. The van der Waals surface area contributed by atoms with Crippen molar-refractivity contribution in [2.75, 3.05) is 5.32 Å². The van der Waals surface area contributed by atoms with Gasteiger partial charge in [0, 0.05) is 5.69 Å². The molecule has 0 saturated heterocycles. The van der Waals surface area contributed by atoms with Gasteiger partial charge in [-0.3, -0.25) is 4.79 Å². The molecule has 1 atom stereocenters. The Morgan fingerprint density at radius 1 is 1.58 bits per heavy atom. The molecule has 0 aliphatic heterocycles. The number of halogens is 1. The van der Waals surface area contributed by atoms with Crippen LogP contribution in [0.4, 0.5) is 10.1 Å². The van der Waals surface area contributed by atoms with Crippen LogP contribution in [0, 0.1) is 18.2 Å². The number of benzene rings is 1. The molecular formula is C13H18FN3O2. The van der Waals surface area contributed by atoms with E-state index in [0.717, 1.165) is 0 Å². The number of anilines is 1. The molecule has 104 valence electrons. The number of oxime groups is 1. The van der Waals surface area contributed by atoms with Gasteiger partial charge in [-0.25, -0.2) is 4.39 Å². The Bertz CT molecular complexity index is 517. The molecule has 0 fully saturated rings. The van der Waals surface area contributed by atoms with Gasteiger partial charge < -0.3 is 16.3 Å². The zero-order chi connectivity index (χ0) is 14.6. The van der Waals surface area contributed by atoms with Gasteiger partial charge in [0.1, 0.15) is 11.2 Å². The van der Waals surface area contributed by atoms with Crippen LogP contribution in [0.5, 0.6) is 0 Å². The van der Waals surface area contributed by atoms with Gasteiger partial charge in [0.15, 0.2) is 5.84 Å². The van der Waals surface area contributed by atoms with Gasteiger partial charge in [0.25, 0.3) is 0 Å². The Morgan fingerprint density at radius 3 is 2.68 bits per heavy atom. The first kappa shape index (κ1) is 14.9. The largest absolute Gasteiger partial charge is 0.409 e. The lowest BCUT2D eigenvalue weighted by Crippen LogP contribution is -2.44. The van der Waals surface area contributed by atoms with E-state index in [1.165, 1.54) is 18.2 Å². The number of hydrogen-bond acceptors (Lipinski definition) is 3. The number of hydrogen-bond donors (Lipinski definition) is 3. The van der Waals surface area contributed by atoms with Crippen molar-refractivity contribution in [1.82, 2.24) is 0 Å². The summed E-state index contributed by atoms with van der Waals surface area (Å²) < 4.78 is 13.1. The Balaban J connectivity index is 2.98. The molecule has 1 rings (SSSR count). The molecule has 0 aromatic heterocycles. The first-order valence-corrected chi connectivity index (χ1v) is 5.90. The summed E-state index contributed by atoms with van der Waals surface area (Å²) in [6, 6.07) is 4.26. The van der Waals surface area contributed by atoms with E-state index >= 15 is 0 Å². The number of amides is 1. The van der Waals surface area contributed by atoms with Crippen LogP contribution in [-0.2, 0) is 4.79 Å². The minimum absolute atomic E-state index is 0.161. The SMILES string of the molecule is CCC(C)(C(=O)Nc1ccc(F)c(C)c1)/C(N)=N/O. The maximum Gasteiger partial charge on any atom is 0.238 e. The fraction of sp³-hybridized carbons (Fsp3) is 0.385. The number of carbonyl (C=O) groups is 1. The van der Waals surface area contributed by atoms with Gasteiger partial charge in [0.2, 0.25) is 5.91 Å². The lowest BCUT2D eigenvalue weighted by atomic mass is 9.85. The van der Waals surface area contributed by atoms with Crippen molar-refractivity contribution >= 4 is 17.4 Å². The van der Waals surface area contributed by atoms with Crippen LogP contribution in [-0.4, -0.2) is 17.0 Å². The van der Waals surface area contributed by atoms with Crippen LogP contribution in [0.25, 0.3) is 0 Å². The molecule has 19 heavy (non-hydrogen) atoms. The van der Waals surface area contributed by atoms with E-state index in [1.54, 1.807) is 20.8 Å². The third-order valence-electron chi connectivity index (χ3n) is 3.30. The molecule has 0 heterocycles. The van der Waals surface area contributed by atoms with Gasteiger partial charge in [0.05, 0.1) is 0 Å². The van der Waals surface area contributed by atoms with E-state index in [4.69, 9.17) is 10.9 Å². The molecule has 1 amide bonds. The zero-order valence-electron chi connectivity index (χ0n) is 11.2. The van der Waals surface area contributed by atoms with Crippen molar-refractivity contribution in [2.45, 2.75) is 27.2 Å². The van der Waals surface area contributed by atoms with E-state index in [-0.39, 0.29) is 11.7 Å². The predicted molar refractivity (Wildman–Crippen MR) is 71.6 cm³/mol. The minimum atomic E-state index is -1.11. The quantitative estimate of drug-likeness (QED) is 0.338. The fourth-order valence-corrected chi connectivity index (χ4v) is 1.56. The maximum atomic E-state index is 13.1. The number of rotatable bonds is 4. The summed E-state index contributed by atoms with van der Waals surface area (Å²) in [5.41, 5.74) is 5.33. The molecule has 4 N–H and O–H groups in total. The lowest BCUT2D eigenvalue weighted by Gasteiger charge is -2.25. The summed E-state index contributed by atoms with van der Waals surface area (Å²) in [7, 11) is 0. The highest BCUT2D eigenvalue weighted by molar-refractivity contribution is 6.11. The molecule has 5 nitrogen and oxygen atoms in total. The molecule has 0 saturated carbocycles. The normalized spacial score (nSPS) is 14.8. The van der Waals surface area contributed by atoms with E-state index in [0.29, 0.717) is 17.7 Å². The monoisotopic (exact) mass is 267 g/mol. The summed E-state index contributed by atoms with van der Waals surface area (Å²) in [5, 5.41) is 14.3. The average molecular weight is 267 g/mol. The van der Waals surface area contributed by atoms with Crippen LogP contribution in [0.1, 0.15) is 25.8 Å². The number of amidine groups is 1. The van der Waals surface area contributed by atoms with Crippen LogP contribution in [0.3, 0.4) is 0 Å². The Morgan fingerprint density at radius 2 is 2.21 bits per heavy atom. The second-order valence-corrected chi connectivity index (χ2v) is 4.59. The standard InChI is InChI=1S/C13H18FN3O2/c1-4-13(3,11(15)17-19)12(18)16-9-5-6-10(14)8(2)7-9/h5-7,19H,4H2,1-3H3,(H2,15,17)(H,16,18). The molecule has 0 bridgehead atoms. The van der Waals surface area contributed by atoms with Crippen LogP contribution < -0.4 is 11.1 Å². The van der Waals surface area contributed by atoms with E-state index in [9.17, 15) is 9.18 Å². The highest BCUT2D eigenvalue weighted by atomic mass is 19.1. The summed E-state index contributed by atoms with van der Waals surface area (Å²) >= 11 is 0. The second kappa shape index (κ2) is 5.69. The summed E-state index contributed by atoms with van der Waals surface area (Å²) in [5.74, 6) is -0.907. The summed E-state index contributed by atoms with van der Waals surface area (Å²) in [6.45, 7) is 4.94. The van der Waals surface area contributed by atoms with Gasteiger partial charge in [-0.1, -0.05) is 12.1 Å². The van der Waals surface area contributed by atoms with Gasteiger partial charge >= 0.3 is 0 Å². The molecular weight excluding hydrogens is 249 g/mol. The lowest BCUT2D eigenvalue weighted by molar-refractivity contribution is -0.121. The van der Waals surface area contributed by atoms with Gasteiger partial charge in [-0.2, -0.15) is 0 Å². The predicted octanol–water partition coefficient (Wildman–Crippen LogP) is 2.24. The molecule has 0 aliphatic carbocycles. The molecule has 0 radical (unpaired) electrons. The number of nitrogens with two attached hydrogens (primary N) is 1. The topological polar surface area (TPSA) is 87.7 Å². The zero-order valence-corrected chi connectivity index (χ0v) is 11.2. The van der Waals surface area contributed by atoms with E-state index in [2.05, 4.69) is 10.5 Å². The molecule has 1 unspecified atom stereocenters. The Kier molecular flexibility index (Phi) is 4.47. The molecule has 6 heteroatoms. The third-order valence-corrected chi connectivity index (χ3v) is 3.30. The molecule has 1 aromatic carbocycles. The first-order valence-electron chi connectivity index (χ1n) is 5.90. The fourth-order valence-electron chi connectivity index (χ4n) is 1.56. The number of carbonyl (C=O) groups excluding carboxylic acids is 1. The minimum Gasteiger partial charge on any atom is -0.409 e. The smallest absolute Gasteiger partial charge is 0.238 e. The summed E-state index contributed by atoms with van der Waals surface area (Å²) in [4.78, 5) is 12.2. The van der Waals surface area contributed by atoms with Crippen LogP contribution >= 0.6 is 0 Å². The van der Waals surface area contributed by atoms with Crippen molar-refractivity contribution in [1.29, 1.82) is 0 Å². The highest BCUT2D eigenvalue weighted by Gasteiger charge is 2.36. The van der Waals surface area contributed by atoms with Crippen molar-refractivity contribution in [3.63, 3.8) is 0 Å². The first-order chi connectivity index (χ1) is 8.85. The van der Waals surface area contributed by atoms with Gasteiger partial charge in [-0.15, -0.1) is 0 Å². The van der Waals surface area contributed by atoms with Crippen LogP contribution in [0.15, 0.2) is 23.4 Å². The van der Waals surface area contributed by atoms with Crippen LogP contribution in [0.2, 0.25) is 0 Å². The molecule has 0 aliphatic rings. The van der Waals surface area contributed by atoms with E-state index in [1.807, 2.05) is 0 Å². The molecule has 1 aromatic rings. The van der Waals surface area contributed by atoms with E-state index < -0.39 is 11.3 Å². The van der Waals surface area contributed by atoms with Crippen molar-refractivity contribution in [3.05, 3.63) is 29.6 Å². The maximum absolute atomic E-state index is 13.1. The third kappa shape index (κ3) is 3.01. The average Bonchev–Trinajstić information content (AvgIpc) is 2.40. The van der Waals surface area contributed by atoms with Gasteiger partial charge in [-0.05, 0) is 44.0 Å². The number of aryl methyl sites for hydroxylation is 1. The second-order valence-electron chi connectivity index (χ2n) is 4.59. The van der Waals surface area contributed by atoms with Crippen molar-refractivity contribution in [3.8, 4) is 0 Å². The Hall–Kier alpha value is -2.11. The number of nitrogens with one attached hydrogen (secondary N) is 1. The highest BCUT2D eigenvalue weighted by Crippen LogP contribution is 2.24. The molecule has 0 spiro atoms. The Labute approximate surface area is 111 Å². The van der Waals surface area contributed by atoms with Crippen molar-refractivity contribution in [2.24, 2.45) is 16.3 Å². The summed E-state index contributed by atoms with van der Waals surface area (Å²) in [6.07, 6.45) is 0.370. The van der Waals surface area contributed by atoms with Crippen molar-refractivity contribution < 1.29 is 14.4 Å².